The monoisotopic (exact) mass is 332 g/mol. The van der Waals surface area contributed by atoms with Crippen molar-refractivity contribution in [2.24, 2.45) is 5.73 Å². The summed E-state index contributed by atoms with van der Waals surface area (Å²) in [6, 6.07) is 4.38. The van der Waals surface area contributed by atoms with Crippen LogP contribution in [0.2, 0.25) is 5.02 Å². The molecule has 1 atom stereocenters. The van der Waals surface area contributed by atoms with Crippen molar-refractivity contribution in [2.75, 3.05) is 13.2 Å². The third-order valence-electron chi connectivity index (χ3n) is 3.85. The smallest absolute Gasteiger partial charge is 0.244 e. The van der Waals surface area contributed by atoms with Crippen molar-refractivity contribution in [3.8, 4) is 0 Å². The number of hydrogen-bond acceptors (Lipinski definition) is 4. The Labute approximate surface area is 130 Å². The average Bonchev–Trinajstić information content (AvgIpc) is 2.72. The number of aliphatic hydroxyl groups excluding tert-OH is 1. The van der Waals surface area contributed by atoms with E-state index >= 15 is 0 Å². The number of rotatable bonds is 4. The zero-order chi connectivity index (χ0) is 15.5. The standard InChI is InChI=1S/C14H21ClN2O3S/c15-13-8-11(9-16)5-6-14(13)21(19,20)17-7-3-1-2-4-12(17)10-18/h5-6,8,12,18H,1-4,7,9-10,16H2. The lowest BCUT2D eigenvalue weighted by molar-refractivity contribution is 0.186. The normalized spacial score (nSPS) is 21.2. The fraction of sp³-hybridized carbons (Fsp3) is 0.571. The first-order chi connectivity index (χ1) is 10.0. The minimum Gasteiger partial charge on any atom is -0.395 e. The summed E-state index contributed by atoms with van der Waals surface area (Å²) >= 11 is 6.12. The molecule has 0 aromatic heterocycles. The van der Waals surface area contributed by atoms with Gasteiger partial charge in [0.25, 0.3) is 0 Å². The van der Waals surface area contributed by atoms with E-state index in [-0.39, 0.29) is 22.6 Å². The number of aliphatic hydroxyl groups is 1. The molecule has 0 spiro atoms. The molecule has 0 saturated carbocycles. The van der Waals surface area contributed by atoms with Crippen LogP contribution in [-0.2, 0) is 16.6 Å². The van der Waals surface area contributed by atoms with Crippen molar-refractivity contribution in [1.29, 1.82) is 0 Å². The molecular weight excluding hydrogens is 312 g/mol. The maximum absolute atomic E-state index is 12.8. The molecule has 1 aromatic carbocycles. The summed E-state index contributed by atoms with van der Waals surface area (Å²) in [5, 5.41) is 9.67. The summed E-state index contributed by atoms with van der Waals surface area (Å²) in [4.78, 5) is 0.0849. The number of hydrogen-bond donors (Lipinski definition) is 2. The van der Waals surface area contributed by atoms with E-state index in [2.05, 4.69) is 0 Å². The fourth-order valence-electron chi connectivity index (χ4n) is 2.66. The minimum absolute atomic E-state index is 0.0849. The first kappa shape index (κ1) is 16.7. The van der Waals surface area contributed by atoms with E-state index in [1.54, 1.807) is 12.1 Å². The van der Waals surface area contributed by atoms with Gasteiger partial charge in [-0.05, 0) is 30.5 Å². The highest BCUT2D eigenvalue weighted by Crippen LogP contribution is 2.29. The third kappa shape index (κ3) is 3.57. The second-order valence-electron chi connectivity index (χ2n) is 5.27. The van der Waals surface area contributed by atoms with Gasteiger partial charge in [0.15, 0.2) is 0 Å². The van der Waals surface area contributed by atoms with Crippen LogP contribution in [0.25, 0.3) is 0 Å². The highest BCUT2D eigenvalue weighted by Gasteiger charge is 2.33. The molecule has 0 amide bonds. The van der Waals surface area contributed by atoms with E-state index in [1.807, 2.05) is 0 Å². The topological polar surface area (TPSA) is 83.6 Å². The fourth-order valence-corrected chi connectivity index (χ4v) is 4.88. The molecule has 1 heterocycles. The zero-order valence-corrected chi connectivity index (χ0v) is 13.4. The van der Waals surface area contributed by atoms with Crippen molar-refractivity contribution >= 4 is 21.6 Å². The average molecular weight is 333 g/mol. The van der Waals surface area contributed by atoms with Gasteiger partial charge in [0.05, 0.1) is 11.6 Å². The molecule has 21 heavy (non-hydrogen) atoms. The highest BCUT2D eigenvalue weighted by atomic mass is 35.5. The Morgan fingerprint density at radius 2 is 2.10 bits per heavy atom. The largest absolute Gasteiger partial charge is 0.395 e. The lowest BCUT2D eigenvalue weighted by Gasteiger charge is -2.28. The summed E-state index contributed by atoms with van der Waals surface area (Å²) in [6.45, 7) is 0.559. The highest BCUT2D eigenvalue weighted by molar-refractivity contribution is 7.89. The van der Waals surface area contributed by atoms with Gasteiger partial charge in [-0.1, -0.05) is 30.5 Å². The lowest BCUT2D eigenvalue weighted by Crippen LogP contribution is -2.42. The first-order valence-electron chi connectivity index (χ1n) is 7.12. The molecule has 118 valence electrons. The SMILES string of the molecule is NCc1ccc(S(=O)(=O)N2CCCCCC2CO)c(Cl)c1. The summed E-state index contributed by atoms with van der Waals surface area (Å²) in [7, 11) is -3.70. The van der Waals surface area contributed by atoms with Gasteiger partial charge in [0.2, 0.25) is 10.0 Å². The van der Waals surface area contributed by atoms with Crippen LogP contribution in [0.15, 0.2) is 23.1 Å². The summed E-state index contributed by atoms with van der Waals surface area (Å²) in [5.74, 6) is 0. The van der Waals surface area contributed by atoms with Crippen LogP contribution >= 0.6 is 11.6 Å². The Morgan fingerprint density at radius 3 is 2.71 bits per heavy atom. The van der Waals surface area contributed by atoms with Crippen LogP contribution in [-0.4, -0.2) is 37.0 Å². The Kier molecular flexibility index (Phi) is 5.62. The lowest BCUT2D eigenvalue weighted by atomic mass is 10.1. The van der Waals surface area contributed by atoms with Gasteiger partial charge in [0, 0.05) is 19.1 Å². The third-order valence-corrected chi connectivity index (χ3v) is 6.29. The van der Waals surface area contributed by atoms with Crippen molar-refractivity contribution in [3.05, 3.63) is 28.8 Å². The number of halogens is 1. The molecule has 2 rings (SSSR count). The molecular formula is C14H21ClN2O3S. The van der Waals surface area contributed by atoms with Crippen molar-refractivity contribution in [2.45, 2.75) is 43.2 Å². The second-order valence-corrected chi connectivity index (χ2v) is 7.54. The van der Waals surface area contributed by atoms with Crippen LogP contribution in [0.3, 0.4) is 0 Å². The van der Waals surface area contributed by atoms with Gasteiger partial charge in [-0.25, -0.2) is 8.42 Å². The van der Waals surface area contributed by atoms with Gasteiger partial charge in [-0.2, -0.15) is 4.31 Å². The van der Waals surface area contributed by atoms with E-state index < -0.39 is 10.0 Å². The van der Waals surface area contributed by atoms with Gasteiger partial charge in [-0.3, -0.25) is 0 Å². The van der Waals surface area contributed by atoms with E-state index in [1.165, 1.54) is 10.4 Å². The van der Waals surface area contributed by atoms with E-state index in [0.717, 1.165) is 24.8 Å². The van der Waals surface area contributed by atoms with Gasteiger partial charge >= 0.3 is 0 Å². The summed E-state index contributed by atoms with van der Waals surface area (Å²) < 4.78 is 27.0. The van der Waals surface area contributed by atoms with Crippen molar-refractivity contribution in [3.63, 3.8) is 0 Å². The van der Waals surface area contributed by atoms with Crippen molar-refractivity contribution < 1.29 is 13.5 Å². The molecule has 3 N–H and O–H groups in total. The second kappa shape index (κ2) is 7.07. The molecule has 0 radical (unpaired) electrons. The Bertz CT molecular complexity index is 592. The van der Waals surface area contributed by atoms with Crippen molar-refractivity contribution in [1.82, 2.24) is 4.31 Å². The number of nitrogens with zero attached hydrogens (tertiary/aromatic N) is 1. The van der Waals surface area contributed by atoms with Gasteiger partial charge < -0.3 is 10.8 Å². The van der Waals surface area contributed by atoms with E-state index in [9.17, 15) is 13.5 Å². The Hall–Kier alpha value is -0.660. The molecule has 1 saturated heterocycles. The van der Waals surface area contributed by atoms with E-state index in [4.69, 9.17) is 17.3 Å². The minimum atomic E-state index is -3.70. The maximum atomic E-state index is 12.8. The van der Waals surface area contributed by atoms with Crippen LogP contribution < -0.4 is 5.73 Å². The van der Waals surface area contributed by atoms with Crippen LogP contribution in [0.4, 0.5) is 0 Å². The molecule has 0 aliphatic carbocycles. The predicted molar refractivity (Wildman–Crippen MR) is 82.6 cm³/mol. The molecule has 1 aliphatic heterocycles. The molecule has 0 bridgehead atoms. The number of sulfonamides is 1. The molecule has 5 nitrogen and oxygen atoms in total. The van der Waals surface area contributed by atoms with Gasteiger partial charge in [0.1, 0.15) is 4.90 Å². The molecule has 1 aromatic rings. The summed E-state index contributed by atoms with van der Waals surface area (Å²) in [5.41, 5.74) is 6.32. The molecule has 7 heteroatoms. The first-order valence-corrected chi connectivity index (χ1v) is 8.93. The summed E-state index contributed by atoms with van der Waals surface area (Å²) in [6.07, 6.45) is 3.38. The number of nitrogens with two attached hydrogens (primary N) is 1. The maximum Gasteiger partial charge on any atom is 0.244 e. The number of benzene rings is 1. The van der Waals surface area contributed by atoms with Crippen LogP contribution in [0, 0.1) is 0 Å². The zero-order valence-electron chi connectivity index (χ0n) is 11.8. The Balaban J connectivity index is 2.39. The van der Waals surface area contributed by atoms with Crippen LogP contribution in [0.1, 0.15) is 31.2 Å². The quantitative estimate of drug-likeness (QED) is 0.879. The predicted octanol–water partition coefficient (Wildman–Crippen LogP) is 1.72. The van der Waals surface area contributed by atoms with E-state index in [0.29, 0.717) is 19.5 Å². The Morgan fingerprint density at radius 1 is 1.33 bits per heavy atom. The van der Waals surface area contributed by atoms with Crippen LogP contribution in [0.5, 0.6) is 0 Å². The van der Waals surface area contributed by atoms with Gasteiger partial charge in [-0.15, -0.1) is 0 Å². The molecule has 1 aliphatic rings. The molecule has 1 unspecified atom stereocenters. The molecule has 1 fully saturated rings.